The quantitative estimate of drug-likeness (QED) is 0.717. The van der Waals surface area contributed by atoms with E-state index in [1.54, 1.807) is 6.20 Å². The van der Waals surface area contributed by atoms with Gasteiger partial charge in [0.05, 0.1) is 12.3 Å². The van der Waals surface area contributed by atoms with Crippen LogP contribution in [0.2, 0.25) is 0 Å². The van der Waals surface area contributed by atoms with Crippen molar-refractivity contribution in [2.45, 2.75) is 27.4 Å². The lowest BCUT2D eigenvalue weighted by atomic mass is 9.99. The predicted molar refractivity (Wildman–Crippen MR) is 57.9 cm³/mol. The summed E-state index contributed by atoms with van der Waals surface area (Å²) >= 11 is 0. The normalized spacial score (nSPS) is 13.1. The van der Waals surface area contributed by atoms with Crippen molar-refractivity contribution in [2.24, 2.45) is 11.8 Å². The van der Waals surface area contributed by atoms with Gasteiger partial charge in [-0.2, -0.15) is 0 Å². The lowest BCUT2D eigenvalue weighted by Crippen LogP contribution is -2.12. The van der Waals surface area contributed by atoms with Crippen LogP contribution in [0, 0.1) is 11.8 Å². The summed E-state index contributed by atoms with van der Waals surface area (Å²) in [7, 11) is 0. The molecule has 1 atom stereocenters. The lowest BCUT2D eigenvalue weighted by molar-refractivity contribution is 0.0761. The number of pyridine rings is 1. The molecule has 2 nitrogen and oxygen atoms in total. The van der Waals surface area contributed by atoms with Crippen LogP contribution in [0.4, 0.5) is 0 Å². The van der Waals surface area contributed by atoms with E-state index in [9.17, 15) is 0 Å². The Bertz CT molecular complexity index is 246. The minimum absolute atomic E-state index is 0.610. The molecule has 2 heteroatoms. The summed E-state index contributed by atoms with van der Waals surface area (Å²) < 4.78 is 5.58. The van der Waals surface area contributed by atoms with Gasteiger partial charge in [0.25, 0.3) is 0 Å². The molecule has 0 saturated heterocycles. The Kier molecular flexibility index (Phi) is 4.60. The fourth-order valence-corrected chi connectivity index (χ4v) is 1.03. The number of ether oxygens (including phenoxy) is 1. The molecule has 0 fully saturated rings. The van der Waals surface area contributed by atoms with Gasteiger partial charge >= 0.3 is 0 Å². The van der Waals surface area contributed by atoms with Gasteiger partial charge in [0.15, 0.2) is 0 Å². The van der Waals surface area contributed by atoms with Crippen molar-refractivity contribution in [3.05, 3.63) is 30.1 Å². The van der Waals surface area contributed by atoms with Crippen LogP contribution in [0.15, 0.2) is 24.4 Å². The molecule has 0 radical (unpaired) electrons. The minimum atomic E-state index is 0.610. The lowest BCUT2D eigenvalue weighted by Gasteiger charge is -2.15. The number of hydrogen-bond acceptors (Lipinski definition) is 2. The van der Waals surface area contributed by atoms with Gasteiger partial charge < -0.3 is 4.74 Å². The molecule has 1 unspecified atom stereocenters. The summed E-state index contributed by atoms with van der Waals surface area (Å²) in [5.74, 6) is 1.29. The second-order valence-electron chi connectivity index (χ2n) is 4.06. The van der Waals surface area contributed by atoms with Gasteiger partial charge in [0.2, 0.25) is 0 Å². The molecule has 1 aromatic heterocycles. The number of nitrogens with zero attached hydrogens (tertiary/aromatic N) is 1. The van der Waals surface area contributed by atoms with Gasteiger partial charge in [0.1, 0.15) is 0 Å². The molecule has 0 N–H and O–H groups in total. The minimum Gasteiger partial charge on any atom is -0.375 e. The van der Waals surface area contributed by atoms with Crippen LogP contribution in [0.1, 0.15) is 26.5 Å². The molecule has 0 spiro atoms. The van der Waals surface area contributed by atoms with Crippen molar-refractivity contribution in [2.75, 3.05) is 6.61 Å². The van der Waals surface area contributed by atoms with E-state index in [-0.39, 0.29) is 0 Å². The SMILES string of the molecule is CC(C)C(C)COCc1ccccn1. The zero-order valence-electron chi connectivity index (χ0n) is 9.23. The van der Waals surface area contributed by atoms with Gasteiger partial charge in [0, 0.05) is 12.8 Å². The topological polar surface area (TPSA) is 22.1 Å². The average molecular weight is 193 g/mol. The first-order valence-electron chi connectivity index (χ1n) is 5.18. The van der Waals surface area contributed by atoms with Gasteiger partial charge in [-0.05, 0) is 24.0 Å². The average Bonchev–Trinajstić information content (AvgIpc) is 2.19. The molecule has 0 aliphatic rings. The van der Waals surface area contributed by atoms with Crippen LogP contribution in [0.25, 0.3) is 0 Å². The zero-order valence-corrected chi connectivity index (χ0v) is 9.23. The van der Waals surface area contributed by atoms with E-state index in [2.05, 4.69) is 25.8 Å². The Balaban J connectivity index is 2.22. The Labute approximate surface area is 86.3 Å². The highest BCUT2D eigenvalue weighted by atomic mass is 16.5. The number of aromatic nitrogens is 1. The molecule has 14 heavy (non-hydrogen) atoms. The van der Waals surface area contributed by atoms with Crippen LogP contribution < -0.4 is 0 Å². The maximum Gasteiger partial charge on any atom is 0.0887 e. The highest BCUT2D eigenvalue weighted by Crippen LogP contribution is 2.10. The monoisotopic (exact) mass is 193 g/mol. The van der Waals surface area contributed by atoms with Crippen LogP contribution in [-0.4, -0.2) is 11.6 Å². The van der Waals surface area contributed by atoms with Crippen molar-refractivity contribution in [1.29, 1.82) is 0 Å². The Hall–Kier alpha value is -0.890. The molecule has 0 amide bonds. The van der Waals surface area contributed by atoms with Gasteiger partial charge in [-0.1, -0.05) is 26.8 Å². The van der Waals surface area contributed by atoms with Crippen molar-refractivity contribution in [3.63, 3.8) is 0 Å². The molecule has 0 aliphatic carbocycles. The zero-order chi connectivity index (χ0) is 10.4. The molecule has 1 heterocycles. The molecule has 78 valence electrons. The van der Waals surface area contributed by atoms with E-state index < -0.39 is 0 Å². The third-order valence-electron chi connectivity index (χ3n) is 2.49. The molecular formula is C12H19NO. The van der Waals surface area contributed by atoms with Crippen molar-refractivity contribution in [3.8, 4) is 0 Å². The molecule has 0 bridgehead atoms. The predicted octanol–water partition coefficient (Wildman–Crippen LogP) is 2.89. The Morgan fingerprint density at radius 2 is 2.07 bits per heavy atom. The van der Waals surface area contributed by atoms with Gasteiger partial charge in [-0.15, -0.1) is 0 Å². The van der Waals surface area contributed by atoms with Gasteiger partial charge in [-0.25, -0.2) is 0 Å². The van der Waals surface area contributed by atoms with Crippen molar-refractivity contribution >= 4 is 0 Å². The van der Waals surface area contributed by atoms with E-state index in [1.807, 2.05) is 18.2 Å². The highest BCUT2D eigenvalue weighted by molar-refractivity contribution is 5.01. The number of hydrogen-bond donors (Lipinski definition) is 0. The van der Waals surface area contributed by atoms with Crippen molar-refractivity contribution < 1.29 is 4.74 Å². The van der Waals surface area contributed by atoms with Crippen LogP contribution in [-0.2, 0) is 11.3 Å². The molecular weight excluding hydrogens is 174 g/mol. The third-order valence-corrected chi connectivity index (χ3v) is 2.49. The summed E-state index contributed by atoms with van der Waals surface area (Å²) in [5.41, 5.74) is 1.00. The fraction of sp³-hybridized carbons (Fsp3) is 0.583. The van der Waals surface area contributed by atoms with Crippen LogP contribution in [0.5, 0.6) is 0 Å². The Morgan fingerprint density at radius 3 is 2.64 bits per heavy atom. The summed E-state index contributed by atoms with van der Waals surface area (Å²) in [6.45, 7) is 8.08. The number of rotatable bonds is 5. The largest absolute Gasteiger partial charge is 0.375 e. The molecule has 0 aromatic carbocycles. The molecule has 1 aromatic rings. The van der Waals surface area contributed by atoms with Crippen LogP contribution in [0.3, 0.4) is 0 Å². The second-order valence-corrected chi connectivity index (χ2v) is 4.06. The maximum atomic E-state index is 5.58. The Morgan fingerprint density at radius 1 is 1.29 bits per heavy atom. The summed E-state index contributed by atoms with van der Waals surface area (Å²) in [6.07, 6.45) is 1.80. The second kappa shape index (κ2) is 5.76. The first-order chi connectivity index (χ1) is 6.70. The van der Waals surface area contributed by atoms with E-state index in [0.717, 1.165) is 12.3 Å². The molecule has 0 saturated carbocycles. The third kappa shape index (κ3) is 3.88. The van der Waals surface area contributed by atoms with E-state index in [4.69, 9.17) is 4.74 Å². The molecule has 1 rings (SSSR count). The van der Waals surface area contributed by atoms with Crippen LogP contribution >= 0.6 is 0 Å². The van der Waals surface area contributed by atoms with Gasteiger partial charge in [-0.3, -0.25) is 4.98 Å². The summed E-state index contributed by atoms with van der Waals surface area (Å²) in [6, 6.07) is 5.89. The highest BCUT2D eigenvalue weighted by Gasteiger charge is 2.06. The van der Waals surface area contributed by atoms with Crippen molar-refractivity contribution in [1.82, 2.24) is 4.98 Å². The smallest absolute Gasteiger partial charge is 0.0887 e. The maximum absolute atomic E-state index is 5.58. The van der Waals surface area contributed by atoms with E-state index in [1.165, 1.54) is 0 Å². The summed E-state index contributed by atoms with van der Waals surface area (Å²) in [4.78, 5) is 4.20. The summed E-state index contributed by atoms with van der Waals surface area (Å²) in [5, 5.41) is 0. The first-order valence-corrected chi connectivity index (χ1v) is 5.18. The molecule has 0 aliphatic heterocycles. The van der Waals surface area contributed by atoms with E-state index >= 15 is 0 Å². The first kappa shape index (κ1) is 11.2. The standard InChI is InChI=1S/C12H19NO/c1-10(2)11(3)8-14-9-12-6-4-5-7-13-12/h4-7,10-11H,8-9H2,1-3H3. The fourth-order valence-electron chi connectivity index (χ4n) is 1.03. The van der Waals surface area contributed by atoms with E-state index in [0.29, 0.717) is 18.4 Å².